The SMILES string of the molecule is CCCCCCCCCCN(CC(O)CC(C)CC)CC(O)CC(C)CC. The van der Waals surface area contributed by atoms with E-state index in [4.69, 9.17) is 0 Å². The molecule has 164 valence electrons. The van der Waals surface area contributed by atoms with E-state index in [-0.39, 0.29) is 12.2 Å². The van der Waals surface area contributed by atoms with Gasteiger partial charge in [0, 0.05) is 13.1 Å². The number of nitrogens with zero attached hydrogens (tertiary/aromatic N) is 1. The van der Waals surface area contributed by atoms with Gasteiger partial charge in [-0.3, -0.25) is 4.90 Å². The summed E-state index contributed by atoms with van der Waals surface area (Å²) in [5.74, 6) is 1.13. The standard InChI is InChI=1S/C24H51NO2/c1-6-9-10-11-12-13-14-15-16-25(19-23(26)17-21(4)7-2)20-24(27)18-22(5)8-3/h21-24,26-27H,6-20H2,1-5H3. The first-order chi connectivity index (χ1) is 12.9. The summed E-state index contributed by atoms with van der Waals surface area (Å²) in [7, 11) is 0. The second-order valence-electron chi connectivity index (χ2n) is 9.04. The molecular weight excluding hydrogens is 334 g/mol. The van der Waals surface area contributed by atoms with E-state index in [1.165, 1.54) is 51.4 Å². The highest BCUT2D eigenvalue weighted by atomic mass is 16.3. The highest BCUT2D eigenvalue weighted by Crippen LogP contribution is 2.15. The molecule has 4 atom stereocenters. The summed E-state index contributed by atoms with van der Waals surface area (Å²) >= 11 is 0. The topological polar surface area (TPSA) is 43.7 Å². The van der Waals surface area contributed by atoms with E-state index >= 15 is 0 Å². The van der Waals surface area contributed by atoms with E-state index in [0.29, 0.717) is 24.9 Å². The predicted molar refractivity (Wildman–Crippen MR) is 119 cm³/mol. The molecule has 3 nitrogen and oxygen atoms in total. The van der Waals surface area contributed by atoms with Gasteiger partial charge in [-0.15, -0.1) is 0 Å². The molecule has 0 amide bonds. The summed E-state index contributed by atoms with van der Waals surface area (Å²) in [6, 6.07) is 0. The summed E-state index contributed by atoms with van der Waals surface area (Å²) in [6.07, 6.45) is 14.0. The van der Waals surface area contributed by atoms with E-state index in [1.807, 2.05) is 0 Å². The molecule has 0 aliphatic carbocycles. The van der Waals surface area contributed by atoms with Crippen LogP contribution in [0.2, 0.25) is 0 Å². The molecule has 0 saturated heterocycles. The van der Waals surface area contributed by atoms with Gasteiger partial charge in [-0.25, -0.2) is 0 Å². The van der Waals surface area contributed by atoms with E-state index < -0.39 is 0 Å². The van der Waals surface area contributed by atoms with Gasteiger partial charge in [0.05, 0.1) is 12.2 Å². The normalized spacial score (nSPS) is 16.4. The maximum Gasteiger partial charge on any atom is 0.0669 e. The molecule has 0 saturated carbocycles. The minimum Gasteiger partial charge on any atom is -0.392 e. The fourth-order valence-electron chi connectivity index (χ4n) is 3.73. The largest absolute Gasteiger partial charge is 0.392 e. The molecule has 0 fully saturated rings. The van der Waals surface area contributed by atoms with E-state index in [2.05, 4.69) is 39.5 Å². The van der Waals surface area contributed by atoms with E-state index in [0.717, 1.165) is 32.2 Å². The molecule has 0 rings (SSSR count). The summed E-state index contributed by atoms with van der Waals surface area (Å²) < 4.78 is 0. The predicted octanol–water partition coefficient (Wildman–Crippen LogP) is 6.02. The molecule has 0 heterocycles. The minimum atomic E-state index is -0.273. The van der Waals surface area contributed by atoms with Crippen LogP contribution < -0.4 is 0 Å². The van der Waals surface area contributed by atoms with Crippen molar-refractivity contribution in [3.63, 3.8) is 0 Å². The van der Waals surface area contributed by atoms with Gasteiger partial charge in [0.2, 0.25) is 0 Å². The van der Waals surface area contributed by atoms with Crippen molar-refractivity contribution in [1.29, 1.82) is 0 Å². The fourth-order valence-corrected chi connectivity index (χ4v) is 3.73. The Hall–Kier alpha value is -0.120. The maximum atomic E-state index is 10.5. The molecule has 0 aromatic heterocycles. The quantitative estimate of drug-likeness (QED) is 0.267. The number of hydrogen-bond donors (Lipinski definition) is 2. The van der Waals surface area contributed by atoms with Gasteiger partial charge in [0.15, 0.2) is 0 Å². The lowest BCUT2D eigenvalue weighted by Crippen LogP contribution is -2.39. The van der Waals surface area contributed by atoms with Crippen LogP contribution in [0.25, 0.3) is 0 Å². The number of rotatable bonds is 19. The molecule has 3 heteroatoms. The molecule has 0 aromatic rings. The lowest BCUT2D eigenvalue weighted by molar-refractivity contribution is 0.0502. The Bertz CT molecular complexity index is 291. The van der Waals surface area contributed by atoms with Crippen molar-refractivity contribution in [3.8, 4) is 0 Å². The number of aliphatic hydroxyl groups is 2. The Kier molecular flexibility index (Phi) is 17.9. The summed E-state index contributed by atoms with van der Waals surface area (Å²) in [5, 5.41) is 20.9. The zero-order valence-electron chi connectivity index (χ0n) is 19.3. The fraction of sp³-hybridized carbons (Fsp3) is 1.00. The smallest absolute Gasteiger partial charge is 0.0669 e. The second-order valence-corrected chi connectivity index (χ2v) is 9.04. The van der Waals surface area contributed by atoms with Crippen molar-refractivity contribution in [2.24, 2.45) is 11.8 Å². The molecule has 0 aliphatic heterocycles. The van der Waals surface area contributed by atoms with Crippen LogP contribution in [0.1, 0.15) is 112 Å². The molecule has 0 bridgehead atoms. The first-order valence-electron chi connectivity index (χ1n) is 12.0. The van der Waals surface area contributed by atoms with Crippen molar-refractivity contribution < 1.29 is 10.2 Å². The lowest BCUT2D eigenvalue weighted by Gasteiger charge is -2.29. The number of unbranched alkanes of at least 4 members (excludes halogenated alkanes) is 7. The molecule has 2 N–H and O–H groups in total. The second kappa shape index (κ2) is 17.9. The van der Waals surface area contributed by atoms with Crippen LogP contribution in [0.3, 0.4) is 0 Å². The van der Waals surface area contributed by atoms with Crippen LogP contribution in [0.5, 0.6) is 0 Å². The van der Waals surface area contributed by atoms with Gasteiger partial charge >= 0.3 is 0 Å². The Morgan fingerprint density at radius 2 is 1.04 bits per heavy atom. The van der Waals surface area contributed by atoms with Crippen LogP contribution in [0.4, 0.5) is 0 Å². The molecular formula is C24H51NO2. The zero-order valence-corrected chi connectivity index (χ0v) is 19.3. The Balaban J connectivity index is 4.26. The molecule has 0 spiro atoms. The van der Waals surface area contributed by atoms with Crippen molar-refractivity contribution in [2.75, 3.05) is 19.6 Å². The van der Waals surface area contributed by atoms with Crippen molar-refractivity contribution >= 4 is 0 Å². The van der Waals surface area contributed by atoms with E-state index in [1.54, 1.807) is 0 Å². The van der Waals surface area contributed by atoms with Gasteiger partial charge < -0.3 is 10.2 Å². The molecule has 4 unspecified atom stereocenters. The third-order valence-electron chi connectivity index (χ3n) is 6.01. The van der Waals surface area contributed by atoms with Crippen molar-refractivity contribution in [1.82, 2.24) is 4.90 Å². The average molecular weight is 386 g/mol. The van der Waals surface area contributed by atoms with Gasteiger partial charge in [-0.2, -0.15) is 0 Å². The lowest BCUT2D eigenvalue weighted by atomic mass is 9.99. The van der Waals surface area contributed by atoms with Crippen molar-refractivity contribution in [3.05, 3.63) is 0 Å². The highest BCUT2D eigenvalue weighted by Gasteiger charge is 2.18. The zero-order chi connectivity index (χ0) is 20.5. The number of aliphatic hydroxyl groups excluding tert-OH is 2. The third-order valence-corrected chi connectivity index (χ3v) is 6.01. The first kappa shape index (κ1) is 26.9. The van der Waals surface area contributed by atoms with Gasteiger partial charge in [-0.1, -0.05) is 92.4 Å². The maximum absolute atomic E-state index is 10.5. The van der Waals surface area contributed by atoms with Gasteiger partial charge in [0.1, 0.15) is 0 Å². The Morgan fingerprint density at radius 1 is 0.630 bits per heavy atom. The van der Waals surface area contributed by atoms with E-state index in [9.17, 15) is 10.2 Å². The summed E-state index contributed by atoms with van der Waals surface area (Å²) in [6.45, 7) is 13.5. The number of hydrogen-bond acceptors (Lipinski definition) is 3. The molecule has 0 aliphatic rings. The van der Waals surface area contributed by atoms with Crippen LogP contribution >= 0.6 is 0 Å². The Labute approximate surface area is 170 Å². The average Bonchev–Trinajstić information content (AvgIpc) is 2.63. The molecule has 27 heavy (non-hydrogen) atoms. The van der Waals surface area contributed by atoms with Crippen LogP contribution in [-0.4, -0.2) is 47.0 Å². The Morgan fingerprint density at radius 3 is 1.44 bits per heavy atom. The summed E-state index contributed by atoms with van der Waals surface area (Å²) in [4.78, 5) is 2.32. The minimum absolute atomic E-state index is 0.273. The van der Waals surface area contributed by atoms with Crippen LogP contribution in [0, 0.1) is 11.8 Å². The van der Waals surface area contributed by atoms with Gasteiger partial charge in [-0.05, 0) is 37.6 Å². The van der Waals surface area contributed by atoms with Crippen molar-refractivity contribution in [2.45, 2.75) is 124 Å². The first-order valence-corrected chi connectivity index (χ1v) is 12.0. The van der Waals surface area contributed by atoms with Crippen LogP contribution in [-0.2, 0) is 0 Å². The van der Waals surface area contributed by atoms with Gasteiger partial charge in [0.25, 0.3) is 0 Å². The third kappa shape index (κ3) is 16.5. The monoisotopic (exact) mass is 385 g/mol. The molecule has 0 radical (unpaired) electrons. The highest BCUT2D eigenvalue weighted by molar-refractivity contribution is 4.72. The molecule has 0 aromatic carbocycles. The summed E-state index contributed by atoms with van der Waals surface area (Å²) in [5.41, 5.74) is 0. The van der Waals surface area contributed by atoms with Crippen LogP contribution in [0.15, 0.2) is 0 Å².